The summed E-state index contributed by atoms with van der Waals surface area (Å²) in [6.07, 6.45) is -1.61. The van der Waals surface area contributed by atoms with E-state index in [-0.39, 0.29) is 12.0 Å². The van der Waals surface area contributed by atoms with E-state index in [2.05, 4.69) is 4.90 Å². The van der Waals surface area contributed by atoms with Gasteiger partial charge in [-0.3, -0.25) is 9.80 Å². The van der Waals surface area contributed by atoms with Crippen LogP contribution in [0.3, 0.4) is 0 Å². The minimum absolute atomic E-state index is 0.0603. The Morgan fingerprint density at radius 3 is 2.39 bits per heavy atom. The van der Waals surface area contributed by atoms with Gasteiger partial charge in [0.1, 0.15) is 5.60 Å². The first-order valence-electron chi connectivity index (χ1n) is 10.8. The van der Waals surface area contributed by atoms with E-state index in [9.17, 15) is 18.0 Å². The van der Waals surface area contributed by atoms with Crippen molar-refractivity contribution in [3.8, 4) is 0 Å². The van der Waals surface area contributed by atoms with Gasteiger partial charge in [0, 0.05) is 38.2 Å². The molecule has 5 rings (SSSR count). The van der Waals surface area contributed by atoms with E-state index in [1.807, 2.05) is 36.4 Å². The molecule has 1 saturated carbocycles. The van der Waals surface area contributed by atoms with E-state index >= 15 is 0 Å². The van der Waals surface area contributed by atoms with Crippen LogP contribution in [0.2, 0.25) is 0 Å². The summed E-state index contributed by atoms with van der Waals surface area (Å²) in [4.78, 5) is 16.2. The van der Waals surface area contributed by atoms with Gasteiger partial charge in [-0.1, -0.05) is 30.3 Å². The molecule has 2 heterocycles. The number of halogens is 3. The molecule has 1 amide bonds. The van der Waals surface area contributed by atoms with Crippen molar-refractivity contribution in [3.05, 3.63) is 65.2 Å². The molecule has 1 aliphatic carbocycles. The number of ether oxygens (including phenoxy) is 1. The smallest absolute Gasteiger partial charge is 0.416 e. The first kappa shape index (κ1) is 20.4. The number of carbonyl (C=O) groups is 1. The zero-order valence-electron chi connectivity index (χ0n) is 17.2. The predicted octanol–water partition coefficient (Wildman–Crippen LogP) is 5.57. The standard InChI is InChI=1S/C24H25F3N2O2/c25-24(26,27)21-14-17(6-9-20(21)18-7-8-18)15-28-12-10-23(11-13-28)16-29(22(30)31-23)19-4-2-1-3-5-19/h1-6,9,14,18H,7-8,10-13,15-16H2. The van der Waals surface area contributed by atoms with Crippen LogP contribution in [0.15, 0.2) is 48.5 Å². The van der Waals surface area contributed by atoms with Gasteiger partial charge in [0.15, 0.2) is 0 Å². The number of anilines is 1. The molecule has 0 radical (unpaired) electrons. The molecule has 0 N–H and O–H groups in total. The second kappa shape index (κ2) is 7.55. The topological polar surface area (TPSA) is 32.8 Å². The van der Waals surface area contributed by atoms with Crippen molar-refractivity contribution in [3.63, 3.8) is 0 Å². The number of para-hydroxylation sites is 1. The van der Waals surface area contributed by atoms with Gasteiger partial charge in [-0.05, 0) is 48.1 Å². The van der Waals surface area contributed by atoms with E-state index in [1.54, 1.807) is 11.0 Å². The molecule has 0 bridgehead atoms. The highest BCUT2D eigenvalue weighted by Crippen LogP contribution is 2.46. The van der Waals surface area contributed by atoms with Gasteiger partial charge in [0.25, 0.3) is 0 Å². The molecule has 3 fully saturated rings. The number of alkyl halides is 3. The zero-order chi connectivity index (χ0) is 21.6. The van der Waals surface area contributed by atoms with E-state index in [4.69, 9.17) is 4.74 Å². The molecule has 2 aliphatic heterocycles. The quantitative estimate of drug-likeness (QED) is 0.635. The maximum Gasteiger partial charge on any atom is 0.416 e. The van der Waals surface area contributed by atoms with Crippen LogP contribution < -0.4 is 4.90 Å². The fourth-order valence-electron chi connectivity index (χ4n) is 4.76. The molecule has 4 nitrogen and oxygen atoms in total. The van der Waals surface area contributed by atoms with Crippen molar-refractivity contribution < 1.29 is 22.7 Å². The molecule has 7 heteroatoms. The van der Waals surface area contributed by atoms with Crippen LogP contribution in [0, 0.1) is 0 Å². The lowest BCUT2D eigenvalue weighted by atomic mass is 9.90. The van der Waals surface area contributed by atoms with Gasteiger partial charge in [0.05, 0.1) is 12.1 Å². The molecule has 0 aromatic heterocycles. The summed E-state index contributed by atoms with van der Waals surface area (Å²) < 4.78 is 46.4. The van der Waals surface area contributed by atoms with Gasteiger partial charge in [-0.25, -0.2) is 4.79 Å². The highest BCUT2D eigenvalue weighted by atomic mass is 19.4. The van der Waals surface area contributed by atoms with Crippen molar-refractivity contribution in [2.24, 2.45) is 0 Å². The van der Waals surface area contributed by atoms with Gasteiger partial charge in [-0.2, -0.15) is 13.2 Å². The molecule has 2 saturated heterocycles. The summed E-state index contributed by atoms with van der Waals surface area (Å²) in [5.74, 6) is 0.0603. The Morgan fingerprint density at radius 2 is 1.74 bits per heavy atom. The number of hydrogen-bond acceptors (Lipinski definition) is 3. The van der Waals surface area contributed by atoms with Gasteiger partial charge < -0.3 is 4.74 Å². The number of amides is 1. The number of hydrogen-bond donors (Lipinski definition) is 0. The average molecular weight is 430 g/mol. The molecule has 31 heavy (non-hydrogen) atoms. The molecule has 0 unspecified atom stereocenters. The molecule has 2 aromatic rings. The molecule has 0 atom stereocenters. The van der Waals surface area contributed by atoms with Crippen LogP contribution in [0.1, 0.15) is 48.3 Å². The van der Waals surface area contributed by atoms with E-state index in [1.165, 1.54) is 6.07 Å². The lowest BCUT2D eigenvalue weighted by molar-refractivity contribution is -0.138. The Kier molecular flexibility index (Phi) is 4.96. The number of likely N-dealkylation sites (tertiary alicyclic amines) is 1. The molecule has 3 aliphatic rings. The Hall–Kier alpha value is -2.54. The molecular formula is C24H25F3N2O2. The van der Waals surface area contributed by atoms with Crippen molar-refractivity contribution in [2.75, 3.05) is 24.5 Å². The van der Waals surface area contributed by atoms with Crippen molar-refractivity contribution in [2.45, 2.75) is 49.9 Å². The minimum Gasteiger partial charge on any atom is -0.441 e. The van der Waals surface area contributed by atoms with Crippen LogP contribution in [-0.4, -0.2) is 36.2 Å². The number of benzene rings is 2. The maximum atomic E-state index is 13.5. The number of piperidine rings is 1. The Bertz CT molecular complexity index is 965. The van der Waals surface area contributed by atoms with Crippen molar-refractivity contribution in [1.29, 1.82) is 0 Å². The van der Waals surface area contributed by atoms with E-state index in [0.717, 1.165) is 18.5 Å². The highest BCUT2D eigenvalue weighted by molar-refractivity contribution is 5.90. The van der Waals surface area contributed by atoms with Crippen LogP contribution in [0.4, 0.5) is 23.7 Å². The van der Waals surface area contributed by atoms with E-state index in [0.29, 0.717) is 50.1 Å². The zero-order valence-corrected chi connectivity index (χ0v) is 17.2. The average Bonchev–Trinajstić information content (AvgIpc) is 3.54. The first-order valence-corrected chi connectivity index (χ1v) is 10.8. The SMILES string of the molecule is O=C1OC2(CCN(Cc3ccc(C4CC4)c(C(F)(F)F)c3)CC2)CN1c1ccccc1. The minimum atomic E-state index is -4.32. The molecule has 1 spiro atoms. The monoisotopic (exact) mass is 430 g/mol. The Morgan fingerprint density at radius 1 is 1.03 bits per heavy atom. The van der Waals surface area contributed by atoms with Crippen LogP contribution in [0.5, 0.6) is 0 Å². The normalized spacial score (nSPS) is 21.5. The van der Waals surface area contributed by atoms with Crippen molar-refractivity contribution >= 4 is 11.8 Å². The lowest BCUT2D eigenvalue weighted by Gasteiger charge is -2.37. The van der Waals surface area contributed by atoms with Gasteiger partial charge in [0.2, 0.25) is 0 Å². The third-order valence-electron chi connectivity index (χ3n) is 6.65. The lowest BCUT2D eigenvalue weighted by Crippen LogP contribution is -2.46. The number of rotatable bonds is 4. The summed E-state index contributed by atoms with van der Waals surface area (Å²) in [5.41, 5.74) is 0.942. The Labute approximate surface area is 179 Å². The molecular weight excluding hydrogens is 405 g/mol. The van der Waals surface area contributed by atoms with Crippen LogP contribution in [-0.2, 0) is 17.5 Å². The van der Waals surface area contributed by atoms with Gasteiger partial charge >= 0.3 is 12.3 Å². The second-order valence-corrected chi connectivity index (χ2v) is 8.94. The van der Waals surface area contributed by atoms with Crippen molar-refractivity contribution in [1.82, 2.24) is 4.90 Å². The summed E-state index contributed by atoms with van der Waals surface area (Å²) in [7, 11) is 0. The summed E-state index contributed by atoms with van der Waals surface area (Å²) >= 11 is 0. The third kappa shape index (κ3) is 4.15. The fraction of sp³-hybridized carbons (Fsp3) is 0.458. The van der Waals surface area contributed by atoms with E-state index < -0.39 is 17.3 Å². The Balaban J connectivity index is 1.24. The third-order valence-corrected chi connectivity index (χ3v) is 6.65. The van der Waals surface area contributed by atoms with Gasteiger partial charge in [-0.15, -0.1) is 0 Å². The summed E-state index contributed by atoms with van der Waals surface area (Å²) in [6, 6.07) is 14.3. The van der Waals surface area contributed by atoms with Crippen LogP contribution in [0.25, 0.3) is 0 Å². The summed E-state index contributed by atoms with van der Waals surface area (Å²) in [6.45, 7) is 2.35. The first-order chi connectivity index (χ1) is 14.8. The second-order valence-electron chi connectivity index (χ2n) is 8.94. The number of nitrogens with zero attached hydrogens (tertiary/aromatic N) is 2. The fourth-order valence-corrected chi connectivity index (χ4v) is 4.76. The van der Waals surface area contributed by atoms with Crippen LogP contribution >= 0.6 is 0 Å². The highest BCUT2D eigenvalue weighted by Gasteiger charge is 2.47. The largest absolute Gasteiger partial charge is 0.441 e. The molecule has 164 valence electrons. The number of carbonyl (C=O) groups excluding carboxylic acids is 1. The maximum absolute atomic E-state index is 13.5. The molecule has 2 aromatic carbocycles. The predicted molar refractivity (Wildman–Crippen MR) is 111 cm³/mol. The summed E-state index contributed by atoms with van der Waals surface area (Å²) in [5, 5.41) is 0.